The molecule has 1 amide bonds. The second-order valence-corrected chi connectivity index (χ2v) is 6.79. The average Bonchev–Trinajstić information content (AvgIpc) is 2.75. The smallest absolute Gasteiger partial charge is 0.227 e. The van der Waals surface area contributed by atoms with E-state index in [4.69, 9.17) is 0 Å². The first-order valence-corrected chi connectivity index (χ1v) is 7.52. The molecule has 1 aliphatic heterocycles. The van der Waals surface area contributed by atoms with Crippen molar-refractivity contribution in [3.8, 4) is 0 Å². The van der Waals surface area contributed by atoms with Crippen LogP contribution in [0.2, 0.25) is 0 Å². The summed E-state index contributed by atoms with van der Waals surface area (Å²) in [7, 11) is 1.89. The van der Waals surface area contributed by atoms with Crippen molar-refractivity contribution in [2.24, 2.45) is 5.92 Å². The number of carbonyl (C=O) groups excluding carboxylic acids is 1. The van der Waals surface area contributed by atoms with Gasteiger partial charge in [0.05, 0.1) is 9.70 Å². The highest BCUT2D eigenvalue weighted by Crippen LogP contribution is 2.22. The molecule has 1 saturated heterocycles. The maximum Gasteiger partial charge on any atom is 0.227 e. The number of nitrogens with one attached hydrogen (secondary N) is 1. The third kappa shape index (κ3) is 4.23. The highest BCUT2D eigenvalue weighted by molar-refractivity contribution is 9.11. The van der Waals surface area contributed by atoms with Crippen LogP contribution < -0.4 is 5.32 Å². The van der Waals surface area contributed by atoms with E-state index in [9.17, 15) is 4.79 Å². The van der Waals surface area contributed by atoms with Crippen molar-refractivity contribution < 1.29 is 4.79 Å². The number of hydrogen-bond acceptors (Lipinski definition) is 3. The number of carbonyl (C=O) groups is 1. The molecule has 1 N–H and O–H groups in total. The Morgan fingerprint density at radius 1 is 1.67 bits per heavy atom. The third-order valence-electron chi connectivity index (χ3n) is 3.06. The number of hydrogen-bond donors (Lipinski definition) is 1. The summed E-state index contributed by atoms with van der Waals surface area (Å²) >= 11 is 5.10. The molecule has 0 bridgehead atoms. The zero-order valence-corrected chi connectivity index (χ0v) is 13.5. The minimum Gasteiger partial charge on any atom is -0.341 e. The fraction of sp³-hybridized carbons (Fsp3) is 0.583. The largest absolute Gasteiger partial charge is 0.341 e. The van der Waals surface area contributed by atoms with Gasteiger partial charge in [-0.3, -0.25) is 4.79 Å². The second-order valence-electron chi connectivity index (χ2n) is 4.50. The Hall–Kier alpha value is -0.100. The predicted molar refractivity (Wildman–Crippen MR) is 81.3 cm³/mol. The second kappa shape index (κ2) is 7.48. The zero-order chi connectivity index (χ0) is 12.3. The predicted octanol–water partition coefficient (Wildman–Crippen LogP) is 2.89. The Morgan fingerprint density at radius 2 is 2.44 bits per heavy atom. The number of thiophene rings is 1. The average molecular weight is 354 g/mol. The van der Waals surface area contributed by atoms with Crippen molar-refractivity contribution in [2.45, 2.75) is 19.4 Å². The van der Waals surface area contributed by atoms with E-state index in [1.165, 1.54) is 5.56 Å². The SMILES string of the molecule is CN(Cc1csc(Br)c1)C(=O)[C@@H]1CCCNC1.Cl. The maximum atomic E-state index is 12.2. The van der Waals surface area contributed by atoms with E-state index in [1.807, 2.05) is 11.9 Å². The lowest BCUT2D eigenvalue weighted by molar-refractivity contribution is -0.135. The molecule has 3 nitrogen and oxygen atoms in total. The van der Waals surface area contributed by atoms with Crippen LogP contribution in [0.4, 0.5) is 0 Å². The van der Waals surface area contributed by atoms with E-state index in [2.05, 4.69) is 32.7 Å². The van der Waals surface area contributed by atoms with Crippen LogP contribution in [0.5, 0.6) is 0 Å². The first-order chi connectivity index (χ1) is 8.16. The summed E-state index contributed by atoms with van der Waals surface area (Å²) in [6, 6.07) is 2.08. The van der Waals surface area contributed by atoms with Gasteiger partial charge in [-0.1, -0.05) is 0 Å². The highest BCUT2D eigenvalue weighted by atomic mass is 79.9. The van der Waals surface area contributed by atoms with Crippen LogP contribution in [0.3, 0.4) is 0 Å². The maximum absolute atomic E-state index is 12.2. The first kappa shape index (κ1) is 16.0. The lowest BCUT2D eigenvalue weighted by Gasteiger charge is -2.26. The minimum absolute atomic E-state index is 0. The summed E-state index contributed by atoms with van der Waals surface area (Å²) in [5.41, 5.74) is 1.20. The molecule has 0 aliphatic carbocycles. The molecule has 0 aromatic carbocycles. The summed E-state index contributed by atoms with van der Waals surface area (Å²) in [6.45, 7) is 2.58. The fourth-order valence-corrected chi connectivity index (χ4v) is 3.36. The molecule has 18 heavy (non-hydrogen) atoms. The van der Waals surface area contributed by atoms with E-state index in [-0.39, 0.29) is 24.2 Å². The van der Waals surface area contributed by atoms with Crippen molar-refractivity contribution in [1.29, 1.82) is 0 Å². The van der Waals surface area contributed by atoms with E-state index in [0.717, 1.165) is 29.7 Å². The van der Waals surface area contributed by atoms with Gasteiger partial charge in [-0.2, -0.15) is 0 Å². The molecule has 1 aromatic heterocycles. The zero-order valence-electron chi connectivity index (χ0n) is 10.3. The van der Waals surface area contributed by atoms with E-state index in [1.54, 1.807) is 11.3 Å². The summed E-state index contributed by atoms with van der Waals surface area (Å²) in [6.07, 6.45) is 2.12. The van der Waals surface area contributed by atoms with E-state index in [0.29, 0.717) is 6.54 Å². The molecule has 102 valence electrons. The summed E-state index contributed by atoms with van der Waals surface area (Å²) in [5, 5.41) is 5.38. The van der Waals surface area contributed by atoms with Crippen molar-refractivity contribution >= 4 is 45.6 Å². The number of nitrogens with zero attached hydrogens (tertiary/aromatic N) is 1. The molecular formula is C12H18BrClN2OS. The molecule has 1 aliphatic rings. The summed E-state index contributed by atoms with van der Waals surface area (Å²) < 4.78 is 1.12. The molecule has 6 heteroatoms. The number of halogens is 2. The van der Waals surface area contributed by atoms with Crippen LogP contribution in [0.15, 0.2) is 15.2 Å². The molecule has 1 fully saturated rings. The highest BCUT2D eigenvalue weighted by Gasteiger charge is 2.23. The lowest BCUT2D eigenvalue weighted by atomic mass is 9.98. The van der Waals surface area contributed by atoms with Crippen LogP contribution in [0.25, 0.3) is 0 Å². The van der Waals surface area contributed by atoms with Gasteiger partial charge < -0.3 is 10.2 Å². The van der Waals surface area contributed by atoms with Gasteiger partial charge in [0, 0.05) is 20.1 Å². The van der Waals surface area contributed by atoms with Crippen molar-refractivity contribution in [1.82, 2.24) is 10.2 Å². The molecular weight excluding hydrogens is 336 g/mol. The van der Waals surface area contributed by atoms with Crippen molar-refractivity contribution in [2.75, 3.05) is 20.1 Å². The van der Waals surface area contributed by atoms with Gasteiger partial charge in [-0.15, -0.1) is 23.7 Å². The third-order valence-corrected chi connectivity index (χ3v) is 4.62. The van der Waals surface area contributed by atoms with Gasteiger partial charge in [0.2, 0.25) is 5.91 Å². The minimum atomic E-state index is 0. The van der Waals surface area contributed by atoms with Crippen LogP contribution >= 0.6 is 39.7 Å². The van der Waals surface area contributed by atoms with Gasteiger partial charge in [-0.25, -0.2) is 0 Å². The number of rotatable bonds is 3. The summed E-state index contributed by atoms with van der Waals surface area (Å²) in [5.74, 6) is 0.426. The quantitative estimate of drug-likeness (QED) is 0.906. The standard InChI is InChI=1S/C12H17BrN2OS.ClH/c1-15(7-9-5-11(13)17-8-9)12(16)10-3-2-4-14-6-10;/h5,8,10,14H,2-4,6-7H2,1H3;1H/t10-;/m1./s1. The Balaban J connectivity index is 0.00000162. The van der Waals surface area contributed by atoms with Gasteiger partial charge in [0.15, 0.2) is 0 Å². The van der Waals surface area contributed by atoms with Crippen LogP contribution in [-0.2, 0) is 11.3 Å². The van der Waals surface area contributed by atoms with Crippen LogP contribution in [0.1, 0.15) is 18.4 Å². The van der Waals surface area contributed by atoms with Crippen molar-refractivity contribution in [3.05, 3.63) is 20.8 Å². The fourth-order valence-electron chi connectivity index (χ4n) is 2.15. The topological polar surface area (TPSA) is 32.3 Å². The number of piperidine rings is 1. The number of amides is 1. The lowest BCUT2D eigenvalue weighted by Crippen LogP contribution is -2.41. The van der Waals surface area contributed by atoms with Gasteiger partial charge >= 0.3 is 0 Å². The summed E-state index contributed by atoms with van der Waals surface area (Å²) in [4.78, 5) is 14.0. The Morgan fingerprint density at radius 3 is 3.00 bits per heavy atom. The van der Waals surface area contributed by atoms with E-state index >= 15 is 0 Å². The van der Waals surface area contributed by atoms with Crippen LogP contribution in [-0.4, -0.2) is 30.9 Å². The molecule has 0 spiro atoms. The van der Waals surface area contributed by atoms with Crippen molar-refractivity contribution in [3.63, 3.8) is 0 Å². The van der Waals surface area contributed by atoms with Gasteiger partial charge in [0.25, 0.3) is 0 Å². The molecule has 0 radical (unpaired) electrons. The molecule has 0 saturated carbocycles. The molecule has 2 rings (SSSR count). The Labute approximate surface area is 126 Å². The van der Waals surface area contributed by atoms with Gasteiger partial charge in [-0.05, 0) is 52.3 Å². The first-order valence-electron chi connectivity index (χ1n) is 5.85. The normalized spacial score (nSPS) is 19.1. The Bertz CT molecular complexity index is 393. The molecule has 2 heterocycles. The van der Waals surface area contributed by atoms with Gasteiger partial charge in [0.1, 0.15) is 0 Å². The monoisotopic (exact) mass is 352 g/mol. The molecule has 1 aromatic rings. The van der Waals surface area contributed by atoms with Crippen LogP contribution in [0, 0.1) is 5.92 Å². The molecule has 1 atom stereocenters. The van der Waals surface area contributed by atoms with E-state index < -0.39 is 0 Å². The molecule has 0 unspecified atom stereocenters. The Kier molecular flexibility index (Phi) is 6.63.